The first-order valence-corrected chi connectivity index (χ1v) is 10.1. The van der Waals surface area contributed by atoms with Crippen molar-refractivity contribution in [3.05, 3.63) is 27.5 Å². The fourth-order valence-electron chi connectivity index (χ4n) is 2.85. The number of hydrogen-bond acceptors (Lipinski definition) is 5. The number of aryl methyl sites for hydroxylation is 3. The van der Waals surface area contributed by atoms with Gasteiger partial charge in [0.05, 0.1) is 10.9 Å². The van der Waals surface area contributed by atoms with Crippen molar-refractivity contribution in [2.75, 3.05) is 0 Å². The molecule has 0 unspecified atom stereocenters. The van der Waals surface area contributed by atoms with Crippen LogP contribution < -0.4 is 4.72 Å². The number of nitrogens with zero attached hydrogens (tertiary/aromatic N) is 3. The van der Waals surface area contributed by atoms with Gasteiger partial charge < -0.3 is 0 Å². The van der Waals surface area contributed by atoms with Crippen LogP contribution in [-0.2, 0) is 16.6 Å². The molecule has 0 bridgehead atoms. The van der Waals surface area contributed by atoms with E-state index in [1.807, 2.05) is 32.4 Å². The zero-order valence-corrected chi connectivity index (χ0v) is 15.5. The topological polar surface area (TPSA) is 76.9 Å². The lowest BCUT2D eigenvalue weighted by molar-refractivity contribution is 0.399. The van der Waals surface area contributed by atoms with Crippen LogP contribution in [0, 0.1) is 13.8 Å². The molecule has 0 aliphatic carbocycles. The molecular formula is C15H22N4O2S2. The van der Waals surface area contributed by atoms with Crippen LogP contribution >= 0.6 is 11.3 Å². The van der Waals surface area contributed by atoms with E-state index in [0.717, 1.165) is 40.8 Å². The molecule has 0 aromatic carbocycles. The predicted octanol–water partition coefficient (Wildman–Crippen LogP) is 2.89. The van der Waals surface area contributed by atoms with Gasteiger partial charge in [0.25, 0.3) is 0 Å². The lowest BCUT2D eigenvalue weighted by atomic mass is 10.1. The highest BCUT2D eigenvalue weighted by Gasteiger charge is 2.30. The molecule has 126 valence electrons. The Hall–Kier alpha value is -1.25. The van der Waals surface area contributed by atoms with Gasteiger partial charge in [0.15, 0.2) is 5.82 Å². The van der Waals surface area contributed by atoms with E-state index in [4.69, 9.17) is 0 Å². The standard InChI is InChI=1S/C15H22N4O2S2/c1-9(2)14-16-15-12(6-5-7-19(15)17-14)18-23(20,21)13-8-10(3)22-11(13)4/h8-9,12,18H,5-7H2,1-4H3/t12-/m1/s1. The highest BCUT2D eigenvalue weighted by atomic mass is 32.2. The minimum Gasteiger partial charge on any atom is -0.248 e. The van der Waals surface area contributed by atoms with Crippen LogP contribution in [0.4, 0.5) is 0 Å². The summed E-state index contributed by atoms with van der Waals surface area (Å²) in [5.41, 5.74) is 0. The molecule has 8 heteroatoms. The van der Waals surface area contributed by atoms with Gasteiger partial charge in [0, 0.05) is 22.2 Å². The van der Waals surface area contributed by atoms with E-state index in [0.29, 0.717) is 4.90 Å². The van der Waals surface area contributed by atoms with E-state index in [2.05, 4.69) is 14.8 Å². The van der Waals surface area contributed by atoms with Gasteiger partial charge >= 0.3 is 0 Å². The van der Waals surface area contributed by atoms with Crippen molar-refractivity contribution >= 4 is 21.4 Å². The van der Waals surface area contributed by atoms with Crippen LogP contribution in [0.2, 0.25) is 0 Å². The molecule has 0 radical (unpaired) electrons. The number of sulfonamides is 1. The Morgan fingerprint density at radius 2 is 2.13 bits per heavy atom. The fraction of sp³-hybridized carbons (Fsp3) is 0.600. The van der Waals surface area contributed by atoms with E-state index in [-0.39, 0.29) is 12.0 Å². The number of nitrogens with one attached hydrogen (secondary N) is 1. The third kappa shape index (κ3) is 3.20. The summed E-state index contributed by atoms with van der Waals surface area (Å²) in [5, 5.41) is 4.50. The molecule has 0 fully saturated rings. The molecule has 0 amide bonds. The summed E-state index contributed by atoms with van der Waals surface area (Å²) in [6.45, 7) is 8.63. The molecule has 1 aliphatic heterocycles. The van der Waals surface area contributed by atoms with Crippen LogP contribution in [0.5, 0.6) is 0 Å². The summed E-state index contributed by atoms with van der Waals surface area (Å²) in [4.78, 5) is 6.75. The van der Waals surface area contributed by atoms with Crippen molar-refractivity contribution in [1.82, 2.24) is 19.5 Å². The van der Waals surface area contributed by atoms with Crippen molar-refractivity contribution in [2.24, 2.45) is 0 Å². The molecule has 0 saturated heterocycles. The van der Waals surface area contributed by atoms with Crippen LogP contribution in [0.1, 0.15) is 60.1 Å². The van der Waals surface area contributed by atoms with Gasteiger partial charge in [-0.15, -0.1) is 11.3 Å². The van der Waals surface area contributed by atoms with Gasteiger partial charge in [-0.2, -0.15) is 5.10 Å². The molecular weight excluding hydrogens is 332 g/mol. The lowest BCUT2D eigenvalue weighted by Crippen LogP contribution is -2.33. The SMILES string of the molecule is Cc1cc(S(=O)(=O)N[C@@H]2CCCn3nc(C(C)C)nc32)c(C)s1. The van der Waals surface area contributed by atoms with Crippen LogP contribution in [0.3, 0.4) is 0 Å². The molecule has 3 rings (SSSR count). The highest BCUT2D eigenvalue weighted by molar-refractivity contribution is 7.89. The second-order valence-corrected chi connectivity index (χ2v) is 9.44. The first-order valence-electron chi connectivity index (χ1n) is 7.82. The number of aromatic nitrogens is 3. The van der Waals surface area contributed by atoms with Gasteiger partial charge in [-0.25, -0.2) is 22.8 Å². The number of fused-ring (bicyclic) bond motifs is 1. The fourth-order valence-corrected chi connectivity index (χ4v) is 5.63. The maximum atomic E-state index is 12.7. The van der Waals surface area contributed by atoms with E-state index in [9.17, 15) is 8.42 Å². The van der Waals surface area contributed by atoms with Crippen molar-refractivity contribution in [3.8, 4) is 0 Å². The van der Waals surface area contributed by atoms with E-state index < -0.39 is 10.0 Å². The minimum absolute atomic E-state index is 0.229. The second kappa shape index (κ2) is 5.99. The number of hydrogen-bond donors (Lipinski definition) is 1. The quantitative estimate of drug-likeness (QED) is 0.916. The zero-order valence-electron chi connectivity index (χ0n) is 13.8. The smallest absolute Gasteiger partial charge is 0.242 e. The summed E-state index contributed by atoms with van der Waals surface area (Å²) in [6, 6.07) is 1.42. The Morgan fingerprint density at radius 3 is 2.74 bits per heavy atom. The monoisotopic (exact) mass is 354 g/mol. The predicted molar refractivity (Wildman–Crippen MR) is 90.2 cm³/mol. The average Bonchev–Trinajstić information content (AvgIpc) is 3.02. The maximum Gasteiger partial charge on any atom is 0.242 e. The van der Waals surface area contributed by atoms with E-state index >= 15 is 0 Å². The summed E-state index contributed by atoms with van der Waals surface area (Å²) in [7, 11) is -3.54. The number of rotatable bonds is 4. The summed E-state index contributed by atoms with van der Waals surface area (Å²) < 4.78 is 30.1. The van der Waals surface area contributed by atoms with Crippen molar-refractivity contribution in [3.63, 3.8) is 0 Å². The molecule has 1 aliphatic rings. The highest BCUT2D eigenvalue weighted by Crippen LogP contribution is 2.29. The average molecular weight is 355 g/mol. The molecule has 0 saturated carbocycles. The Morgan fingerprint density at radius 1 is 1.39 bits per heavy atom. The minimum atomic E-state index is -3.54. The van der Waals surface area contributed by atoms with E-state index in [1.165, 1.54) is 11.3 Å². The molecule has 23 heavy (non-hydrogen) atoms. The van der Waals surface area contributed by atoms with Crippen molar-refractivity contribution in [1.29, 1.82) is 0 Å². The van der Waals surface area contributed by atoms with Crippen LogP contribution in [0.15, 0.2) is 11.0 Å². The van der Waals surface area contributed by atoms with Crippen molar-refractivity contribution in [2.45, 2.75) is 63.9 Å². The van der Waals surface area contributed by atoms with Crippen LogP contribution in [0.25, 0.3) is 0 Å². The Labute approximate surface area is 141 Å². The number of thiophene rings is 1. The molecule has 2 aromatic rings. The molecule has 3 heterocycles. The Bertz CT molecular complexity index is 821. The van der Waals surface area contributed by atoms with E-state index in [1.54, 1.807) is 6.07 Å². The molecule has 0 spiro atoms. The zero-order chi connectivity index (χ0) is 16.8. The van der Waals surface area contributed by atoms with Gasteiger partial charge in [0.1, 0.15) is 5.82 Å². The maximum absolute atomic E-state index is 12.7. The molecule has 1 N–H and O–H groups in total. The third-order valence-corrected chi connectivity index (χ3v) is 6.68. The first kappa shape index (κ1) is 16.6. The Balaban J connectivity index is 1.91. The van der Waals surface area contributed by atoms with Gasteiger partial charge in [-0.05, 0) is 32.8 Å². The van der Waals surface area contributed by atoms with Crippen LogP contribution in [-0.4, -0.2) is 23.2 Å². The Kier molecular flexibility index (Phi) is 4.33. The first-order chi connectivity index (χ1) is 10.8. The van der Waals surface area contributed by atoms with Gasteiger partial charge in [-0.3, -0.25) is 0 Å². The molecule has 1 atom stereocenters. The normalized spacial score (nSPS) is 18.4. The largest absolute Gasteiger partial charge is 0.248 e. The van der Waals surface area contributed by atoms with Gasteiger partial charge in [0.2, 0.25) is 10.0 Å². The third-order valence-electron chi connectivity index (χ3n) is 3.99. The van der Waals surface area contributed by atoms with Gasteiger partial charge in [-0.1, -0.05) is 13.8 Å². The van der Waals surface area contributed by atoms with Crippen molar-refractivity contribution < 1.29 is 8.42 Å². The summed E-state index contributed by atoms with van der Waals surface area (Å²) in [6.07, 6.45) is 1.64. The molecule has 2 aromatic heterocycles. The molecule has 6 nitrogen and oxygen atoms in total. The second-order valence-electron chi connectivity index (χ2n) is 6.30. The lowest BCUT2D eigenvalue weighted by Gasteiger charge is -2.22. The summed E-state index contributed by atoms with van der Waals surface area (Å²) >= 11 is 1.50. The summed E-state index contributed by atoms with van der Waals surface area (Å²) in [5.74, 6) is 1.73.